The number of morpholine rings is 1. The van der Waals surface area contributed by atoms with Gasteiger partial charge >= 0.3 is 6.09 Å². The van der Waals surface area contributed by atoms with Crippen molar-refractivity contribution in [2.45, 2.75) is 19.5 Å². The molecule has 4 aromatic rings. The van der Waals surface area contributed by atoms with Gasteiger partial charge in [-0.15, -0.1) is 11.3 Å². The minimum absolute atomic E-state index is 0.140. The number of benzene rings is 1. The summed E-state index contributed by atoms with van der Waals surface area (Å²) < 4.78 is 5.39. The van der Waals surface area contributed by atoms with Crippen LogP contribution >= 0.6 is 11.3 Å². The van der Waals surface area contributed by atoms with Crippen molar-refractivity contribution in [1.82, 2.24) is 30.2 Å². The highest BCUT2D eigenvalue weighted by Gasteiger charge is 2.17. The average molecular weight is 522 g/mol. The number of thiazole rings is 1. The first-order valence-corrected chi connectivity index (χ1v) is 12.8. The summed E-state index contributed by atoms with van der Waals surface area (Å²) >= 11 is 1.34. The van der Waals surface area contributed by atoms with Crippen LogP contribution in [0.15, 0.2) is 48.0 Å². The van der Waals surface area contributed by atoms with Crippen LogP contribution in [-0.2, 0) is 24.2 Å². The summed E-state index contributed by atoms with van der Waals surface area (Å²) in [5.74, 6) is 1.18. The molecule has 0 spiro atoms. The first kappa shape index (κ1) is 24.7. The van der Waals surface area contributed by atoms with Gasteiger partial charge in [-0.1, -0.05) is 12.1 Å². The van der Waals surface area contributed by atoms with E-state index in [1.54, 1.807) is 11.6 Å². The van der Waals surface area contributed by atoms with E-state index >= 15 is 0 Å². The number of fused-ring (bicyclic) bond motifs is 1. The molecule has 0 atom stereocenters. The van der Waals surface area contributed by atoms with Crippen molar-refractivity contribution < 1.29 is 19.4 Å². The number of carbonyl (C=O) groups is 2. The summed E-state index contributed by atoms with van der Waals surface area (Å²) in [5.41, 5.74) is 2.93. The van der Waals surface area contributed by atoms with Crippen LogP contribution in [0.2, 0.25) is 0 Å². The van der Waals surface area contributed by atoms with Gasteiger partial charge in [0.25, 0.3) is 5.91 Å². The van der Waals surface area contributed by atoms with Crippen molar-refractivity contribution >= 4 is 40.2 Å². The topological polar surface area (TPSA) is 137 Å². The molecule has 0 saturated carbocycles. The average Bonchev–Trinajstić information content (AvgIpc) is 3.57. The van der Waals surface area contributed by atoms with E-state index in [9.17, 15) is 14.7 Å². The number of hydrogen-bond donors (Lipinski definition) is 3. The molecule has 12 heteroatoms. The molecule has 1 aliphatic heterocycles. The van der Waals surface area contributed by atoms with E-state index in [0.29, 0.717) is 42.7 Å². The Hall–Kier alpha value is -4.03. The summed E-state index contributed by atoms with van der Waals surface area (Å²) in [6.07, 6.45) is 1.11. The van der Waals surface area contributed by atoms with E-state index in [4.69, 9.17) is 4.74 Å². The summed E-state index contributed by atoms with van der Waals surface area (Å²) in [6.45, 7) is 3.68. The van der Waals surface area contributed by atoms with Gasteiger partial charge in [0.2, 0.25) is 0 Å². The third-order valence-electron chi connectivity index (χ3n) is 6.03. The molecule has 3 aromatic heterocycles. The van der Waals surface area contributed by atoms with Crippen molar-refractivity contribution in [2.24, 2.45) is 0 Å². The number of ether oxygens (including phenoxy) is 1. The maximum Gasteiger partial charge on any atom is 0.407 e. The van der Waals surface area contributed by atoms with Crippen LogP contribution in [0.5, 0.6) is 0 Å². The number of aromatic amines is 1. The van der Waals surface area contributed by atoms with Crippen molar-refractivity contribution in [1.29, 1.82) is 0 Å². The van der Waals surface area contributed by atoms with E-state index < -0.39 is 6.09 Å². The first-order valence-electron chi connectivity index (χ1n) is 12.0. The molecular formula is C25H27N7O4S. The summed E-state index contributed by atoms with van der Waals surface area (Å²) in [6, 6.07) is 11.4. The molecule has 1 aromatic carbocycles. The van der Waals surface area contributed by atoms with Crippen molar-refractivity contribution in [2.75, 3.05) is 37.7 Å². The molecule has 1 aliphatic rings. The molecular weight excluding hydrogens is 494 g/mol. The SMILES string of the molecule is O=C(NCc1ccnc(N2CCOCC2)c1)c1csc(CCN(Cc2nc3ccccc3[nH]2)C(=O)O)n1. The van der Waals surface area contributed by atoms with Gasteiger partial charge in [-0.3, -0.25) is 4.79 Å². The number of para-hydroxylation sites is 2. The van der Waals surface area contributed by atoms with Crippen LogP contribution in [0, 0.1) is 0 Å². The molecule has 3 N–H and O–H groups in total. The fourth-order valence-corrected chi connectivity index (χ4v) is 4.84. The molecule has 0 bridgehead atoms. The Labute approximate surface area is 217 Å². The van der Waals surface area contributed by atoms with Gasteiger partial charge in [0, 0.05) is 44.2 Å². The van der Waals surface area contributed by atoms with E-state index in [1.807, 2.05) is 36.4 Å². The van der Waals surface area contributed by atoms with E-state index in [0.717, 1.165) is 35.5 Å². The molecule has 4 heterocycles. The van der Waals surface area contributed by atoms with Gasteiger partial charge in [-0.2, -0.15) is 0 Å². The lowest BCUT2D eigenvalue weighted by atomic mass is 10.2. The Kier molecular flexibility index (Phi) is 7.57. The standard InChI is InChI=1S/C25H27N7O4S/c33-24(27-14-17-5-7-26-22(13-17)31-9-11-36-12-10-31)20-16-37-23(30-20)6-8-32(25(34)35)15-21-28-18-3-1-2-4-19(18)29-21/h1-5,7,13,16H,6,8-12,14-15H2,(H,27,33)(H,28,29)(H,34,35). The Morgan fingerprint density at radius 3 is 2.84 bits per heavy atom. The first-order chi connectivity index (χ1) is 18.0. The van der Waals surface area contributed by atoms with Crippen molar-refractivity contribution in [3.8, 4) is 0 Å². The number of H-pyrrole nitrogens is 1. The number of carboxylic acid groups (broad SMARTS) is 1. The normalized spacial score (nSPS) is 13.6. The van der Waals surface area contributed by atoms with E-state index in [1.165, 1.54) is 16.2 Å². The zero-order chi connectivity index (χ0) is 25.6. The number of amides is 2. The van der Waals surface area contributed by atoms with Gasteiger partial charge in [0.15, 0.2) is 0 Å². The summed E-state index contributed by atoms with van der Waals surface area (Å²) in [7, 11) is 0. The Morgan fingerprint density at radius 2 is 2.03 bits per heavy atom. The largest absolute Gasteiger partial charge is 0.465 e. The zero-order valence-electron chi connectivity index (χ0n) is 20.1. The third kappa shape index (κ3) is 6.22. The molecule has 2 amide bonds. The highest BCUT2D eigenvalue weighted by Crippen LogP contribution is 2.16. The number of nitrogens with zero attached hydrogens (tertiary/aromatic N) is 5. The second kappa shape index (κ2) is 11.4. The molecule has 0 aliphatic carbocycles. The molecule has 0 radical (unpaired) electrons. The third-order valence-corrected chi connectivity index (χ3v) is 6.94. The number of rotatable bonds is 9. The smallest absolute Gasteiger partial charge is 0.407 e. The maximum atomic E-state index is 12.7. The monoisotopic (exact) mass is 521 g/mol. The number of hydrogen-bond acceptors (Lipinski definition) is 8. The fraction of sp³-hybridized carbons (Fsp3) is 0.320. The highest BCUT2D eigenvalue weighted by molar-refractivity contribution is 7.09. The quantitative estimate of drug-likeness (QED) is 0.306. The second-order valence-electron chi connectivity index (χ2n) is 8.59. The number of aromatic nitrogens is 4. The van der Waals surface area contributed by atoms with Crippen LogP contribution in [0.25, 0.3) is 11.0 Å². The Balaban J connectivity index is 1.14. The maximum absolute atomic E-state index is 12.7. The highest BCUT2D eigenvalue weighted by atomic mass is 32.1. The van der Waals surface area contributed by atoms with E-state index in [2.05, 4.69) is 30.2 Å². The number of pyridine rings is 1. The number of carbonyl (C=O) groups excluding carboxylic acids is 1. The summed E-state index contributed by atoms with van der Waals surface area (Å²) in [4.78, 5) is 44.4. The van der Waals surface area contributed by atoms with Gasteiger partial charge < -0.3 is 29.9 Å². The number of imidazole rings is 1. The minimum atomic E-state index is -1.04. The molecule has 5 rings (SSSR count). The lowest BCUT2D eigenvalue weighted by molar-refractivity contribution is 0.0946. The molecule has 192 valence electrons. The number of anilines is 1. The lowest BCUT2D eigenvalue weighted by Gasteiger charge is -2.28. The van der Waals surface area contributed by atoms with Crippen LogP contribution in [0.4, 0.5) is 10.6 Å². The molecule has 1 fully saturated rings. The van der Waals surface area contributed by atoms with Crippen molar-refractivity contribution in [3.05, 3.63) is 70.1 Å². The Bertz CT molecular complexity index is 1350. The molecule has 11 nitrogen and oxygen atoms in total. The minimum Gasteiger partial charge on any atom is -0.465 e. The predicted octanol–water partition coefficient (Wildman–Crippen LogP) is 2.90. The predicted molar refractivity (Wildman–Crippen MR) is 139 cm³/mol. The van der Waals surface area contributed by atoms with Gasteiger partial charge in [0.1, 0.15) is 17.3 Å². The van der Waals surface area contributed by atoms with Gasteiger partial charge in [0.05, 0.1) is 35.8 Å². The summed E-state index contributed by atoms with van der Waals surface area (Å²) in [5, 5.41) is 14.9. The van der Waals surface area contributed by atoms with Crippen LogP contribution < -0.4 is 10.2 Å². The lowest BCUT2D eigenvalue weighted by Crippen LogP contribution is -2.36. The van der Waals surface area contributed by atoms with Gasteiger partial charge in [-0.05, 0) is 29.8 Å². The van der Waals surface area contributed by atoms with Gasteiger partial charge in [-0.25, -0.2) is 19.7 Å². The zero-order valence-corrected chi connectivity index (χ0v) is 20.9. The van der Waals surface area contributed by atoms with Crippen LogP contribution in [-0.4, -0.2) is 74.8 Å². The second-order valence-corrected chi connectivity index (χ2v) is 9.53. The fourth-order valence-electron chi connectivity index (χ4n) is 4.07. The molecule has 0 unspecified atom stereocenters. The molecule has 1 saturated heterocycles. The van der Waals surface area contributed by atoms with Crippen molar-refractivity contribution in [3.63, 3.8) is 0 Å². The Morgan fingerprint density at radius 1 is 1.19 bits per heavy atom. The molecule has 37 heavy (non-hydrogen) atoms. The van der Waals surface area contributed by atoms with E-state index in [-0.39, 0.29) is 19.0 Å². The van der Waals surface area contributed by atoms with Crippen LogP contribution in [0.3, 0.4) is 0 Å². The number of nitrogens with one attached hydrogen (secondary N) is 2. The van der Waals surface area contributed by atoms with Crippen LogP contribution in [0.1, 0.15) is 26.9 Å².